The molecule has 5 heteroatoms. The van der Waals surface area contributed by atoms with E-state index < -0.39 is 11.7 Å². The average Bonchev–Trinajstić information content (AvgIpc) is 3.29. The Bertz CT molecular complexity index is 769. The molecule has 0 amide bonds. The van der Waals surface area contributed by atoms with Gasteiger partial charge in [-0.1, -0.05) is 42.5 Å². The van der Waals surface area contributed by atoms with Gasteiger partial charge in [-0.2, -0.15) is 0 Å². The quantitative estimate of drug-likeness (QED) is 0.696. The van der Waals surface area contributed by atoms with Gasteiger partial charge in [0, 0.05) is 44.3 Å². The summed E-state index contributed by atoms with van der Waals surface area (Å²) in [7, 11) is 0. The first-order chi connectivity index (χ1) is 14.0. The zero-order valence-electron chi connectivity index (χ0n) is 17.9. The molecule has 30 heavy (non-hydrogen) atoms. The highest BCUT2D eigenvalue weighted by Crippen LogP contribution is 2.35. The van der Waals surface area contributed by atoms with Crippen LogP contribution in [0.5, 0.6) is 0 Å². The lowest BCUT2D eigenvalue weighted by Crippen LogP contribution is -2.45. The van der Waals surface area contributed by atoms with Crippen LogP contribution < -0.4 is 4.90 Å². The highest BCUT2D eigenvalue weighted by atomic mass is 35.5. The smallest absolute Gasteiger partial charge is 0.0817 e. The third-order valence-electron chi connectivity index (χ3n) is 6.88. The molecule has 0 aromatic heterocycles. The number of hydrogen-bond acceptors (Lipinski definition) is 4. The van der Waals surface area contributed by atoms with Crippen molar-refractivity contribution >= 4 is 18.1 Å². The van der Waals surface area contributed by atoms with Crippen molar-refractivity contribution in [1.29, 1.82) is 0 Å². The van der Waals surface area contributed by atoms with Crippen LogP contribution in [0.3, 0.4) is 0 Å². The van der Waals surface area contributed by atoms with Crippen molar-refractivity contribution in [3.63, 3.8) is 0 Å². The van der Waals surface area contributed by atoms with Crippen LogP contribution in [0.2, 0.25) is 0 Å². The number of rotatable bonds is 6. The minimum Gasteiger partial charge on any atom is -0.390 e. The van der Waals surface area contributed by atoms with Crippen molar-refractivity contribution in [2.75, 3.05) is 31.1 Å². The summed E-state index contributed by atoms with van der Waals surface area (Å²) in [6, 6.07) is 19.0. The summed E-state index contributed by atoms with van der Waals surface area (Å²) in [5.74, 6) is 0. The topological polar surface area (TPSA) is 46.9 Å². The van der Waals surface area contributed by atoms with Crippen molar-refractivity contribution < 1.29 is 10.2 Å². The molecule has 2 aliphatic rings. The van der Waals surface area contributed by atoms with Gasteiger partial charge in [-0.15, -0.1) is 12.4 Å². The molecule has 4 rings (SSSR count). The molecular weight excluding hydrogens is 396 g/mol. The van der Waals surface area contributed by atoms with Crippen LogP contribution in [-0.4, -0.2) is 46.9 Å². The van der Waals surface area contributed by atoms with Crippen LogP contribution in [-0.2, 0) is 0 Å². The van der Waals surface area contributed by atoms with E-state index in [0.29, 0.717) is 25.3 Å². The second-order valence-corrected chi connectivity index (χ2v) is 8.85. The fourth-order valence-corrected chi connectivity index (χ4v) is 4.83. The summed E-state index contributed by atoms with van der Waals surface area (Å²) in [4.78, 5) is 4.92. The second-order valence-electron chi connectivity index (χ2n) is 8.85. The van der Waals surface area contributed by atoms with Crippen LogP contribution >= 0.6 is 12.4 Å². The fraction of sp³-hybridized carbons (Fsp3) is 0.520. The summed E-state index contributed by atoms with van der Waals surface area (Å²) >= 11 is 0. The van der Waals surface area contributed by atoms with Crippen molar-refractivity contribution in [2.24, 2.45) is 0 Å². The number of piperidine rings is 1. The number of anilines is 1. The first-order valence-electron chi connectivity index (χ1n) is 11.1. The van der Waals surface area contributed by atoms with Crippen molar-refractivity contribution in [1.82, 2.24) is 4.90 Å². The third kappa shape index (κ3) is 5.36. The standard InChI is InChI=1S/C25H34N2O2.ClH/c1-20(21-9-11-23(12-10-21)27-15-5-6-16-27)26-17-13-25(29,14-18-26)19-24(28)22-7-3-2-4-8-22;/h2-4,7-12,20,24,28-29H,5-6,13-19H2,1H3;1H. The van der Waals surface area contributed by atoms with E-state index in [9.17, 15) is 10.2 Å². The minimum absolute atomic E-state index is 0. The van der Waals surface area contributed by atoms with E-state index in [0.717, 1.165) is 18.7 Å². The Morgan fingerprint density at radius 1 is 0.867 bits per heavy atom. The molecule has 2 fully saturated rings. The molecule has 2 aromatic rings. The van der Waals surface area contributed by atoms with Crippen molar-refractivity contribution in [3.8, 4) is 0 Å². The summed E-state index contributed by atoms with van der Waals surface area (Å²) in [5, 5.41) is 21.6. The van der Waals surface area contributed by atoms with Gasteiger partial charge in [-0.3, -0.25) is 4.90 Å². The Morgan fingerprint density at radius 2 is 1.47 bits per heavy atom. The van der Waals surface area contributed by atoms with Gasteiger partial charge in [-0.05, 0) is 55.9 Å². The van der Waals surface area contributed by atoms with Crippen molar-refractivity contribution in [2.45, 2.75) is 56.8 Å². The third-order valence-corrected chi connectivity index (χ3v) is 6.88. The lowest BCUT2D eigenvalue weighted by Gasteiger charge is -2.41. The number of likely N-dealkylation sites (tertiary alicyclic amines) is 1. The normalized spacial score (nSPS) is 21.1. The van der Waals surface area contributed by atoms with Crippen LogP contribution in [0.25, 0.3) is 0 Å². The molecule has 0 radical (unpaired) electrons. The molecule has 0 bridgehead atoms. The van der Waals surface area contributed by atoms with Gasteiger partial charge in [0.05, 0.1) is 11.7 Å². The molecule has 0 saturated carbocycles. The van der Waals surface area contributed by atoms with Crippen molar-refractivity contribution in [3.05, 3.63) is 65.7 Å². The summed E-state index contributed by atoms with van der Waals surface area (Å²) < 4.78 is 0. The maximum Gasteiger partial charge on any atom is 0.0817 e. The second kappa shape index (κ2) is 10.1. The van der Waals surface area contributed by atoms with Gasteiger partial charge in [0.15, 0.2) is 0 Å². The number of aliphatic hydroxyl groups excluding tert-OH is 1. The van der Waals surface area contributed by atoms with Gasteiger partial charge in [0.25, 0.3) is 0 Å². The average molecular weight is 431 g/mol. The zero-order chi connectivity index (χ0) is 20.3. The number of aliphatic hydroxyl groups is 2. The Balaban J connectivity index is 0.00000256. The molecule has 164 valence electrons. The van der Waals surface area contributed by atoms with Gasteiger partial charge >= 0.3 is 0 Å². The first kappa shape index (κ1) is 23.1. The molecule has 2 atom stereocenters. The number of benzene rings is 2. The predicted molar refractivity (Wildman–Crippen MR) is 125 cm³/mol. The Hall–Kier alpha value is -1.59. The summed E-state index contributed by atoms with van der Waals surface area (Å²) in [6.45, 7) is 6.32. The fourth-order valence-electron chi connectivity index (χ4n) is 4.83. The number of nitrogens with zero attached hydrogens (tertiary/aromatic N) is 2. The van der Waals surface area contributed by atoms with Gasteiger partial charge in [-0.25, -0.2) is 0 Å². The van der Waals surface area contributed by atoms with Gasteiger partial charge < -0.3 is 15.1 Å². The number of halogens is 1. The molecule has 0 spiro atoms. The molecule has 2 aliphatic heterocycles. The molecule has 2 unspecified atom stereocenters. The summed E-state index contributed by atoms with van der Waals surface area (Å²) in [5.41, 5.74) is 2.77. The molecule has 2 aromatic carbocycles. The minimum atomic E-state index is -0.787. The van der Waals surface area contributed by atoms with Crippen LogP contribution in [0, 0.1) is 0 Å². The largest absolute Gasteiger partial charge is 0.390 e. The maximum absolute atomic E-state index is 11.0. The molecule has 2 saturated heterocycles. The Labute approximate surface area is 186 Å². The van der Waals surface area contributed by atoms with Gasteiger partial charge in [0.1, 0.15) is 0 Å². The monoisotopic (exact) mass is 430 g/mol. The molecule has 0 aliphatic carbocycles. The Morgan fingerprint density at radius 3 is 2.07 bits per heavy atom. The van der Waals surface area contributed by atoms with Crippen LogP contribution in [0.1, 0.15) is 62.3 Å². The highest BCUT2D eigenvalue weighted by Gasteiger charge is 2.36. The zero-order valence-corrected chi connectivity index (χ0v) is 18.7. The molecule has 2 heterocycles. The van der Waals surface area contributed by atoms with E-state index in [-0.39, 0.29) is 12.4 Å². The van der Waals surface area contributed by atoms with E-state index in [1.165, 1.54) is 37.2 Å². The van der Waals surface area contributed by atoms with Crippen LogP contribution in [0.15, 0.2) is 54.6 Å². The lowest BCUT2D eigenvalue weighted by atomic mass is 9.84. The maximum atomic E-state index is 11.0. The predicted octanol–water partition coefficient (Wildman–Crippen LogP) is 4.72. The highest BCUT2D eigenvalue weighted by molar-refractivity contribution is 5.85. The van der Waals surface area contributed by atoms with Gasteiger partial charge in [0.2, 0.25) is 0 Å². The molecular formula is C25H35ClN2O2. The number of hydrogen-bond donors (Lipinski definition) is 2. The van der Waals surface area contributed by atoms with E-state index in [1.54, 1.807) is 0 Å². The lowest BCUT2D eigenvalue weighted by molar-refractivity contribution is -0.0612. The van der Waals surface area contributed by atoms with Crippen LogP contribution in [0.4, 0.5) is 5.69 Å². The molecule has 4 nitrogen and oxygen atoms in total. The van der Waals surface area contributed by atoms with E-state index >= 15 is 0 Å². The first-order valence-corrected chi connectivity index (χ1v) is 11.1. The van der Waals surface area contributed by atoms with E-state index in [1.807, 2.05) is 30.3 Å². The Kier molecular flexibility index (Phi) is 7.81. The molecule has 2 N–H and O–H groups in total. The summed E-state index contributed by atoms with van der Waals surface area (Å²) in [6.07, 6.45) is 3.80. The van der Waals surface area contributed by atoms with E-state index in [4.69, 9.17) is 0 Å². The SMILES string of the molecule is CC(c1ccc(N2CCCC2)cc1)N1CCC(O)(CC(O)c2ccccc2)CC1.Cl. The van der Waals surface area contributed by atoms with E-state index in [2.05, 4.69) is 41.0 Å².